The molecule has 0 atom stereocenters. The van der Waals surface area contributed by atoms with E-state index in [0.717, 1.165) is 29.9 Å². The van der Waals surface area contributed by atoms with Gasteiger partial charge in [-0.2, -0.15) is 0 Å². The number of hydrogen-bond acceptors (Lipinski definition) is 4. The van der Waals surface area contributed by atoms with Crippen molar-refractivity contribution in [2.45, 2.75) is 26.8 Å². The van der Waals surface area contributed by atoms with Gasteiger partial charge >= 0.3 is 0 Å². The molecule has 21 heavy (non-hydrogen) atoms. The molecule has 1 amide bonds. The molecular formula is C16H20N4O. The maximum atomic E-state index is 12.2. The lowest BCUT2D eigenvalue weighted by Gasteiger charge is -2.09. The number of hydrogen-bond donors (Lipinski definition) is 2. The molecule has 5 heteroatoms. The summed E-state index contributed by atoms with van der Waals surface area (Å²) in [5.74, 6) is 0.613. The highest BCUT2D eigenvalue weighted by Crippen LogP contribution is 2.08. The van der Waals surface area contributed by atoms with E-state index in [9.17, 15) is 4.79 Å². The van der Waals surface area contributed by atoms with E-state index in [1.54, 1.807) is 30.7 Å². The molecule has 0 unspecified atom stereocenters. The second-order valence-corrected chi connectivity index (χ2v) is 4.84. The lowest BCUT2D eigenvalue weighted by molar-refractivity contribution is 0.0951. The molecule has 0 aliphatic rings. The van der Waals surface area contributed by atoms with Gasteiger partial charge in [-0.25, -0.2) is 4.98 Å². The van der Waals surface area contributed by atoms with Crippen LogP contribution >= 0.6 is 0 Å². The molecule has 2 N–H and O–H groups in total. The number of pyridine rings is 2. The van der Waals surface area contributed by atoms with Crippen molar-refractivity contribution in [1.82, 2.24) is 15.3 Å². The van der Waals surface area contributed by atoms with Gasteiger partial charge in [0.15, 0.2) is 0 Å². The van der Waals surface area contributed by atoms with Gasteiger partial charge in [-0.05, 0) is 42.7 Å². The number of anilines is 1. The Labute approximate surface area is 124 Å². The third-order valence-corrected chi connectivity index (χ3v) is 3.17. The monoisotopic (exact) mass is 284 g/mol. The predicted octanol–water partition coefficient (Wildman–Crippen LogP) is 2.54. The van der Waals surface area contributed by atoms with Gasteiger partial charge in [-0.15, -0.1) is 0 Å². The zero-order valence-electron chi connectivity index (χ0n) is 12.4. The van der Waals surface area contributed by atoms with Crippen molar-refractivity contribution in [2.75, 3.05) is 11.9 Å². The third-order valence-electron chi connectivity index (χ3n) is 3.17. The van der Waals surface area contributed by atoms with E-state index in [0.29, 0.717) is 12.1 Å². The molecule has 0 bridgehead atoms. The second kappa shape index (κ2) is 7.38. The highest BCUT2D eigenvalue weighted by Gasteiger charge is 2.07. The summed E-state index contributed by atoms with van der Waals surface area (Å²) in [6.45, 7) is 5.40. The average molecular weight is 284 g/mol. The standard InChI is InChI=1S/C16H20N4O/c1-3-6-18-15-9-13(5-8-19-15)16(21)20-11-14-10-17-7-4-12(14)2/h4-5,7-10H,3,6,11H2,1-2H3,(H,18,19)(H,20,21). The molecule has 0 radical (unpaired) electrons. The fraction of sp³-hybridized carbons (Fsp3) is 0.312. The van der Waals surface area contributed by atoms with Gasteiger partial charge in [0.25, 0.3) is 5.91 Å². The summed E-state index contributed by atoms with van der Waals surface area (Å²) in [6, 6.07) is 5.41. The Balaban J connectivity index is 1.98. The summed E-state index contributed by atoms with van der Waals surface area (Å²) in [6.07, 6.45) is 6.17. The van der Waals surface area contributed by atoms with Crippen LogP contribution in [0.25, 0.3) is 0 Å². The molecule has 110 valence electrons. The van der Waals surface area contributed by atoms with Gasteiger partial charge in [0, 0.05) is 37.2 Å². The first kappa shape index (κ1) is 15.0. The van der Waals surface area contributed by atoms with Crippen LogP contribution in [0.15, 0.2) is 36.8 Å². The first-order chi connectivity index (χ1) is 10.2. The van der Waals surface area contributed by atoms with Gasteiger partial charge in [0.05, 0.1) is 0 Å². The third kappa shape index (κ3) is 4.27. The van der Waals surface area contributed by atoms with Gasteiger partial charge < -0.3 is 10.6 Å². The quantitative estimate of drug-likeness (QED) is 0.855. The number of carbonyl (C=O) groups excluding carboxylic acids is 1. The minimum absolute atomic E-state index is 0.111. The van der Waals surface area contributed by atoms with Crippen LogP contribution in [0.5, 0.6) is 0 Å². The molecule has 0 fully saturated rings. The van der Waals surface area contributed by atoms with Gasteiger partial charge in [0.2, 0.25) is 0 Å². The molecule has 0 aliphatic heterocycles. The molecule has 2 rings (SSSR count). The predicted molar refractivity (Wildman–Crippen MR) is 83.2 cm³/mol. The maximum Gasteiger partial charge on any atom is 0.251 e. The molecule has 0 aromatic carbocycles. The Morgan fingerprint density at radius 1 is 1.29 bits per heavy atom. The van der Waals surface area contributed by atoms with Crippen molar-refractivity contribution in [2.24, 2.45) is 0 Å². The Kier molecular flexibility index (Phi) is 5.26. The van der Waals surface area contributed by atoms with E-state index in [1.807, 2.05) is 13.0 Å². The van der Waals surface area contributed by atoms with Crippen LogP contribution in [-0.2, 0) is 6.54 Å². The van der Waals surface area contributed by atoms with Crippen LogP contribution in [0, 0.1) is 6.92 Å². The minimum Gasteiger partial charge on any atom is -0.370 e. The highest BCUT2D eigenvalue weighted by atomic mass is 16.1. The van der Waals surface area contributed by atoms with E-state index >= 15 is 0 Å². The average Bonchev–Trinajstić information content (AvgIpc) is 2.52. The zero-order chi connectivity index (χ0) is 15.1. The number of aromatic nitrogens is 2. The first-order valence-corrected chi connectivity index (χ1v) is 7.08. The Bertz CT molecular complexity index is 613. The van der Waals surface area contributed by atoms with Crippen molar-refractivity contribution in [1.29, 1.82) is 0 Å². The van der Waals surface area contributed by atoms with Crippen LogP contribution in [0.4, 0.5) is 5.82 Å². The van der Waals surface area contributed by atoms with Gasteiger partial charge in [-0.1, -0.05) is 6.92 Å². The lowest BCUT2D eigenvalue weighted by atomic mass is 10.1. The van der Waals surface area contributed by atoms with E-state index in [2.05, 4.69) is 27.5 Å². The molecule has 0 saturated carbocycles. The lowest BCUT2D eigenvalue weighted by Crippen LogP contribution is -2.23. The fourth-order valence-electron chi connectivity index (χ4n) is 1.88. The number of aryl methyl sites for hydroxylation is 1. The number of rotatable bonds is 6. The topological polar surface area (TPSA) is 66.9 Å². The number of nitrogens with one attached hydrogen (secondary N) is 2. The molecule has 5 nitrogen and oxygen atoms in total. The van der Waals surface area contributed by atoms with Crippen LogP contribution in [0.1, 0.15) is 34.8 Å². The van der Waals surface area contributed by atoms with E-state index < -0.39 is 0 Å². The Morgan fingerprint density at radius 3 is 2.90 bits per heavy atom. The number of nitrogens with zero attached hydrogens (tertiary/aromatic N) is 2. The highest BCUT2D eigenvalue weighted by molar-refractivity contribution is 5.94. The van der Waals surface area contributed by atoms with Crippen molar-refractivity contribution in [3.05, 3.63) is 53.5 Å². The first-order valence-electron chi connectivity index (χ1n) is 7.08. The van der Waals surface area contributed by atoms with E-state index in [4.69, 9.17) is 0 Å². The van der Waals surface area contributed by atoms with Crippen molar-refractivity contribution in [3.8, 4) is 0 Å². The van der Waals surface area contributed by atoms with Crippen LogP contribution in [0.2, 0.25) is 0 Å². The minimum atomic E-state index is -0.111. The molecule has 2 aromatic rings. The molecule has 0 spiro atoms. The van der Waals surface area contributed by atoms with E-state index in [-0.39, 0.29) is 5.91 Å². The largest absolute Gasteiger partial charge is 0.370 e. The number of amides is 1. The van der Waals surface area contributed by atoms with Crippen LogP contribution < -0.4 is 10.6 Å². The van der Waals surface area contributed by atoms with Crippen LogP contribution in [0.3, 0.4) is 0 Å². The second-order valence-electron chi connectivity index (χ2n) is 4.84. The summed E-state index contributed by atoms with van der Waals surface area (Å²) in [5.41, 5.74) is 2.74. The summed E-state index contributed by atoms with van der Waals surface area (Å²) >= 11 is 0. The summed E-state index contributed by atoms with van der Waals surface area (Å²) < 4.78 is 0. The molecule has 0 aliphatic carbocycles. The smallest absolute Gasteiger partial charge is 0.251 e. The molecule has 2 aromatic heterocycles. The Morgan fingerprint density at radius 2 is 2.14 bits per heavy atom. The SMILES string of the molecule is CCCNc1cc(C(=O)NCc2cnccc2C)ccn1. The van der Waals surface area contributed by atoms with E-state index in [1.165, 1.54) is 0 Å². The maximum absolute atomic E-state index is 12.2. The summed E-state index contributed by atoms with van der Waals surface area (Å²) in [7, 11) is 0. The van der Waals surface area contributed by atoms with Gasteiger partial charge in [-0.3, -0.25) is 9.78 Å². The number of carbonyl (C=O) groups is 1. The summed E-state index contributed by atoms with van der Waals surface area (Å²) in [5, 5.41) is 6.08. The molecule has 2 heterocycles. The Hall–Kier alpha value is -2.43. The zero-order valence-corrected chi connectivity index (χ0v) is 12.4. The van der Waals surface area contributed by atoms with Crippen LogP contribution in [-0.4, -0.2) is 22.4 Å². The molecule has 0 saturated heterocycles. The normalized spacial score (nSPS) is 10.2. The van der Waals surface area contributed by atoms with Crippen molar-refractivity contribution in [3.63, 3.8) is 0 Å². The van der Waals surface area contributed by atoms with Gasteiger partial charge in [0.1, 0.15) is 5.82 Å². The van der Waals surface area contributed by atoms with Crippen molar-refractivity contribution >= 4 is 11.7 Å². The van der Waals surface area contributed by atoms with Crippen molar-refractivity contribution < 1.29 is 4.79 Å². The fourth-order valence-corrected chi connectivity index (χ4v) is 1.88. The molecular weight excluding hydrogens is 264 g/mol. The summed E-state index contributed by atoms with van der Waals surface area (Å²) in [4.78, 5) is 20.4.